The second-order valence-corrected chi connectivity index (χ2v) is 5.41. The fourth-order valence-corrected chi connectivity index (χ4v) is 2.30. The minimum atomic E-state index is -0.924. The summed E-state index contributed by atoms with van der Waals surface area (Å²) in [6.45, 7) is 0. The third-order valence-corrected chi connectivity index (χ3v) is 2.95. The molecule has 0 saturated heterocycles. The fourth-order valence-electron chi connectivity index (χ4n) is 1.01. The second kappa shape index (κ2) is 6.16. The normalized spacial score (nSPS) is 13.5. The van der Waals surface area contributed by atoms with Crippen molar-refractivity contribution in [2.24, 2.45) is 5.92 Å². The van der Waals surface area contributed by atoms with Crippen molar-refractivity contribution in [3.05, 3.63) is 32.7 Å². The average Bonchev–Trinajstić information content (AvgIpc) is 2.99. The first-order chi connectivity index (χ1) is 7.90. The van der Waals surface area contributed by atoms with Crippen LogP contribution in [0.3, 0.4) is 0 Å². The van der Waals surface area contributed by atoms with Gasteiger partial charge in [0.05, 0.1) is 11.5 Å². The van der Waals surface area contributed by atoms with Crippen LogP contribution in [-0.4, -0.2) is 22.2 Å². The number of hydrogen-bond donors (Lipinski definition) is 2. The molecule has 2 N–H and O–H groups in total. The van der Waals surface area contributed by atoms with Gasteiger partial charge in [-0.2, -0.15) is 0 Å². The van der Waals surface area contributed by atoms with Crippen molar-refractivity contribution in [2.75, 3.05) is 0 Å². The Hall–Kier alpha value is -0.880. The highest BCUT2D eigenvalue weighted by Gasteiger charge is 2.28. The lowest BCUT2D eigenvalue weighted by atomic mass is 10.2. The largest absolute Gasteiger partial charge is 0.481 e. The van der Waals surface area contributed by atoms with Crippen molar-refractivity contribution in [1.29, 1.82) is 0 Å². The Bertz CT molecular complexity index is 421. The van der Waals surface area contributed by atoms with E-state index in [0.29, 0.717) is 0 Å². The smallest absolute Gasteiger partial charge is 0.335 e. The molecule has 0 amide bonds. The van der Waals surface area contributed by atoms with Crippen molar-refractivity contribution in [3.63, 3.8) is 0 Å². The maximum atomic E-state index is 10.5. The predicted octanol–water partition coefficient (Wildman–Crippen LogP) is 3.39. The molecule has 0 unspecified atom stereocenters. The predicted molar refractivity (Wildman–Crippen MR) is 69.2 cm³/mol. The van der Waals surface area contributed by atoms with Gasteiger partial charge in [0.2, 0.25) is 0 Å². The maximum absolute atomic E-state index is 10.5. The number of halogens is 2. The number of rotatable bonds is 2. The number of aromatic carboxylic acids is 1. The Morgan fingerprint density at radius 3 is 1.76 bits per heavy atom. The van der Waals surface area contributed by atoms with Gasteiger partial charge < -0.3 is 10.2 Å². The second-order valence-electron chi connectivity index (χ2n) is 3.58. The Morgan fingerprint density at radius 1 is 1.06 bits per heavy atom. The zero-order valence-electron chi connectivity index (χ0n) is 8.69. The molecular weight excluding hydrogens is 356 g/mol. The van der Waals surface area contributed by atoms with Crippen molar-refractivity contribution in [3.8, 4) is 0 Å². The van der Waals surface area contributed by atoms with Crippen LogP contribution in [0.2, 0.25) is 0 Å². The maximum Gasteiger partial charge on any atom is 0.335 e. The summed E-state index contributed by atoms with van der Waals surface area (Å²) in [6.07, 6.45) is 1.80. The van der Waals surface area contributed by atoms with Crippen molar-refractivity contribution in [2.45, 2.75) is 12.8 Å². The summed E-state index contributed by atoms with van der Waals surface area (Å²) in [5, 5.41) is 16.6. The van der Waals surface area contributed by atoms with E-state index in [1.165, 1.54) is 0 Å². The highest BCUT2D eigenvalue weighted by molar-refractivity contribution is 9.11. The molecule has 6 heteroatoms. The highest BCUT2D eigenvalue weighted by Crippen LogP contribution is 2.28. The SMILES string of the molecule is O=C(O)C1CC1.O=C(O)c1cc(Br)cc(Br)c1. The van der Waals surface area contributed by atoms with Gasteiger partial charge in [-0.25, -0.2) is 4.79 Å². The van der Waals surface area contributed by atoms with Gasteiger partial charge in [-0.15, -0.1) is 0 Å². The molecule has 1 aromatic carbocycles. The number of aliphatic carboxylic acids is 1. The summed E-state index contributed by atoms with van der Waals surface area (Å²) in [5.74, 6) is -1.54. The Balaban J connectivity index is 0.000000202. The van der Waals surface area contributed by atoms with Gasteiger partial charge in [-0.1, -0.05) is 31.9 Å². The van der Waals surface area contributed by atoms with Gasteiger partial charge in [0.25, 0.3) is 0 Å². The first-order valence-electron chi connectivity index (χ1n) is 4.82. The van der Waals surface area contributed by atoms with E-state index >= 15 is 0 Å². The molecule has 1 saturated carbocycles. The minimum absolute atomic E-state index is 0.0185. The third-order valence-electron chi connectivity index (χ3n) is 2.04. The summed E-state index contributed by atoms with van der Waals surface area (Å²) in [7, 11) is 0. The van der Waals surface area contributed by atoms with Crippen LogP contribution in [-0.2, 0) is 4.79 Å². The number of hydrogen-bond acceptors (Lipinski definition) is 2. The van der Waals surface area contributed by atoms with E-state index in [-0.39, 0.29) is 11.5 Å². The Kier molecular flexibility index (Phi) is 5.14. The molecule has 0 aromatic heterocycles. The molecule has 1 aliphatic carbocycles. The van der Waals surface area contributed by atoms with Crippen LogP contribution in [0.5, 0.6) is 0 Å². The average molecular weight is 366 g/mol. The van der Waals surface area contributed by atoms with Crippen LogP contribution in [0.15, 0.2) is 27.1 Å². The summed E-state index contributed by atoms with van der Waals surface area (Å²) >= 11 is 6.38. The van der Waals surface area contributed by atoms with Crippen molar-refractivity contribution < 1.29 is 19.8 Å². The summed E-state index contributed by atoms with van der Waals surface area (Å²) in [6, 6.07) is 4.88. The van der Waals surface area contributed by atoms with Gasteiger partial charge >= 0.3 is 11.9 Å². The molecule has 0 atom stereocenters. The lowest BCUT2D eigenvalue weighted by Gasteiger charge is -1.96. The summed E-state index contributed by atoms with van der Waals surface area (Å²) in [4.78, 5) is 20.2. The molecule has 1 fully saturated rings. The molecule has 0 radical (unpaired) electrons. The summed E-state index contributed by atoms with van der Waals surface area (Å²) in [5.41, 5.74) is 0.270. The lowest BCUT2D eigenvalue weighted by Crippen LogP contribution is -1.95. The zero-order valence-corrected chi connectivity index (χ0v) is 11.9. The van der Waals surface area contributed by atoms with E-state index in [1.54, 1.807) is 18.2 Å². The molecule has 0 bridgehead atoms. The van der Waals surface area contributed by atoms with Crippen LogP contribution in [0.25, 0.3) is 0 Å². The van der Waals surface area contributed by atoms with Gasteiger partial charge in [-0.3, -0.25) is 4.79 Å². The van der Waals surface area contributed by atoms with Crippen molar-refractivity contribution >= 4 is 43.8 Å². The van der Waals surface area contributed by atoms with E-state index in [2.05, 4.69) is 31.9 Å². The minimum Gasteiger partial charge on any atom is -0.481 e. The Morgan fingerprint density at radius 2 is 1.53 bits per heavy atom. The van der Waals surface area contributed by atoms with Crippen LogP contribution in [0.4, 0.5) is 0 Å². The van der Waals surface area contributed by atoms with E-state index < -0.39 is 11.9 Å². The first-order valence-corrected chi connectivity index (χ1v) is 6.41. The summed E-state index contributed by atoms with van der Waals surface area (Å²) < 4.78 is 1.51. The van der Waals surface area contributed by atoms with Gasteiger partial charge in [0.1, 0.15) is 0 Å². The van der Waals surface area contributed by atoms with Crippen molar-refractivity contribution in [1.82, 2.24) is 0 Å². The van der Waals surface area contributed by atoms with Gasteiger partial charge in [-0.05, 0) is 31.0 Å². The van der Waals surface area contributed by atoms with Crippen LogP contribution in [0, 0.1) is 5.92 Å². The number of carboxylic acid groups (broad SMARTS) is 2. The molecule has 0 aliphatic heterocycles. The molecular formula is C11H10Br2O4. The van der Waals surface area contributed by atoms with Crippen LogP contribution < -0.4 is 0 Å². The highest BCUT2D eigenvalue weighted by atomic mass is 79.9. The van der Waals surface area contributed by atoms with Crippen LogP contribution >= 0.6 is 31.9 Å². The number of carbonyl (C=O) groups is 2. The molecule has 17 heavy (non-hydrogen) atoms. The monoisotopic (exact) mass is 364 g/mol. The molecule has 0 spiro atoms. The lowest BCUT2D eigenvalue weighted by molar-refractivity contribution is -0.138. The standard InChI is InChI=1S/C7H4Br2O2.C4H6O2/c8-5-1-4(7(10)11)2-6(9)3-5;5-4(6)3-1-2-3/h1-3H,(H,10,11);3H,1-2H2,(H,5,6). The van der Waals surface area contributed by atoms with E-state index in [4.69, 9.17) is 10.2 Å². The molecule has 2 rings (SSSR count). The van der Waals surface area contributed by atoms with Gasteiger partial charge in [0, 0.05) is 8.95 Å². The number of benzene rings is 1. The molecule has 1 aromatic rings. The quantitative estimate of drug-likeness (QED) is 0.842. The first kappa shape index (κ1) is 14.2. The van der Waals surface area contributed by atoms with E-state index in [1.807, 2.05) is 0 Å². The Labute approximate surface area is 115 Å². The van der Waals surface area contributed by atoms with E-state index in [0.717, 1.165) is 21.8 Å². The zero-order chi connectivity index (χ0) is 13.0. The van der Waals surface area contributed by atoms with Gasteiger partial charge in [0.15, 0.2) is 0 Å². The fraction of sp³-hybridized carbons (Fsp3) is 0.273. The third kappa shape index (κ3) is 5.32. The number of carboxylic acids is 2. The molecule has 0 heterocycles. The topological polar surface area (TPSA) is 74.6 Å². The molecule has 4 nitrogen and oxygen atoms in total. The molecule has 92 valence electrons. The van der Waals surface area contributed by atoms with E-state index in [9.17, 15) is 9.59 Å². The van der Waals surface area contributed by atoms with Crippen LogP contribution in [0.1, 0.15) is 23.2 Å². The molecule has 1 aliphatic rings.